The molecule has 0 bridgehead atoms. The third-order valence-corrected chi connectivity index (χ3v) is 6.84. The van der Waals surface area contributed by atoms with Gasteiger partial charge < -0.3 is 10.6 Å². The number of benzene rings is 1. The first-order valence-electron chi connectivity index (χ1n) is 9.83. The number of anilines is 1. The lowest BCUT2D eigenvalue weighted by atomic mass is 9.86. The van der Waals surface area contributed by atoms with Crippen molar-refractivity contribution in [2.45, 2.75) is 70.7 Å². The molecule has 0 unspecified atom stereocenters. The predicted octanol–water partition coefficient (Wildman–Crippen LogP) is 3.12. The Labute approximate surface area is 163 Å². The van der Waals surface area contributed by atoms with Gasteiger partial charge in [0.1, 0.15) is 0 Å². The van der Waals surface area contributed by atoms with E-state index < -0.39 is 15.3 Å². The average molecular weight is 396 g/mol. The van der Waals surface area contributed by atoms with Crippen LogP contribution in [0.2, 0.25) is 0 Å². The van der Waals surface area contributed by atoms with E-state index in [1.165, 1.54) is 0 Å². The molecule has 1 saturated carbocycles. The van der Waals surface area contributed by atoms with E-state index in [-0.39, 0.29) is 18.0 Å². The molecule has 1 aliphatic carbocycles. The van der Waals surface area contributed by atoms with Crippen molar-refractivity contribution >= 4 is 21.6 Å². The van der Waals surface area contributed by atoms with Gasteiger partial charge in [0.15, 0.2) is 0 Å². The second kappa shape index (κ2) is 9.55. The first-order valence-corrected chi connectivity index (χ1v) is 11.4. The first kappa shape index (κ1) is 21.7. The highest BCUT2D eigenvalue weighted by Gasteiger charge is 2.26. The molecule has 1 fully saturated rings. The summed E-state index contributed by atoms with van der Waals surface area (Å²) in [6.07, 6.45) is 3.72. The molecule has 0 atom stereocenters. The normalized spacial score (nSPS) is 20.7. The summed E-state index contributed by atoms with van der Waals surface area (Å²) < 4.78 is 26.8. The Morgan fingerprint density at radius 3 is 2.37 bits per heavy atom. The van der Waals surface area contributed by atoms with Gasteiger partial charge in [-0.2, -0.15) is 0 Å². The quantitative estimate of drug-likeness (QED) is 0.631. The molecule has 3 N–H and O–H groups in total. The van der Waals surface area contributed by atoms with Gasteiger partial charge in [0.25, 0.3) is 5.91 Å². The van der Waals surface area contributed by atoms with E-state index in [0.717, 1.165) is 37.9 Å². The smallest absolute Gasteiger partial charge is 0.251 e. The molecule has 0 radical (unpaired) electrons. The van der Waals surface area contributed by atoms with Crippen LogP contribution < -0.4 is 15.4 Å². The molecular weight excluding hydrogens is 362 g/mol. The summed E-state index contributed by atoms with van der Waals surface area (Å²) in [4.78, 5) is 12.1. The number of nitrogens with one attached hydrogen (secondary N) is 3. The van der Waals surface area contributed by atoms with Crippen molar-refractivity contribution in [1.29, 1.82) is 0 Å². The Balaban J connectivity index is 1.81. The van der Waals surface area contributed by atoms with Crippen molar-refractivity contribution in [3.8, 4) is 0 Å². The second-order valence-electron chi connectivity index (χ2n) is 8.02. The SMILES string of the molecule is CC(C)NC(=O)c1cccc(NCC2CCC(NS(=O)(=O)C(C)C)CC2)c1. The third-order valence-electron chi connectivity index (χ3n) is 4.94. The van der Waals surface area contributed by atoms with E-state index in [2.05, 4.69) is 15.4 Å². The summed E-state index contributed by atoms with van der Waals surface area (Å²) in [6, 6.07) is 7.70. The van der Waals surface area contributed by atoms with Crippen LogP contribution in [-0.4, -0.2) is 38.2 Å². The minimum Gasteiger partial charge on any atom is -0.385 e. The molecule has 0 spiro atoms. The second-order valence-corrected chi connectivity index (χ2v) is 10.3. The third kappa shape index (κ3) is 6.81. The highest BCUT2D eigenvalue weighted by Crippen LogP contribution is 2.25. The highest BCUT2D eigenvalue weighted by atomic mass is 32.2. The van der Waals surface area contributed by atoms with Crippen LogP contribution in [0.4, 0.5) is 5.69 Å². The number of hydrogen-bond acceptors (Lipinski definition) is 4. The molecule has 1 aromatic carbocycles. The van der Waals surface area contributed by atoms with E-state index in [1.807, 2.05) is 38.1 Å². The highest BCUT2D eigenvalue weighted by molar-refractivity contribution is 7.90. The Hall–Kier alpha value is -1.60. The number of hydrogen-bond donors (Lipinski definition) is 3. The average Bonchev–Trinajstić information content (AvgIpc) is 2.60. The topological polar surface area (TPSA) is 87.3 Å². The first-order chi connectivity index (χ1) is 12.7. The molecule has 0 aliphatic heterocycles. The molecule has 6 nitrogen and oxygen atoms in total. The van der Waals surface area contributed by atoms with Gasteiger partial charge in [-0.1, -0.05) is 6.07 Å². The Bertz CT molecular complexity index is 724. The van der Waals surface area contributed by atoms with Crippen LogP contribution in [0.25, 0.3) is 0 Å². The van der Waals surface area contributed by atoms with Crippen LogP contribution in [-0.2, 0) is 10.0 Å². The number of carbonyl (C=O) groups excluding carboxylic acids is 1. The molecule has 1 amide bonds. The van der Waals surface area contributed by atoms with Gasteiger partial charge >= 0.3 is 0 Å². The standard InChI is InChI=1S/C20H33N3O3S/c1-14(2)22-20(24)17-6-5-7-19(12-17)21-13-16-8-10-18(11-9-16)23-27(25,26)15(3)4/h5-7,12,14-16,18,21,23H,8-11,13H2,1-4H3,(H,22,24). The number of sulfonamides is 1. The fourth-order valence-electron chi connectivity index (χ4n) is 3.23. The van der Waals surface area contributed by atoms with Crippen molar-refractivity contribution in [3.63, 3.8) is 0 Å². The van der Waals surface area contributed by atoms with Crippen LogP contribution in [0, 0.1) is 5.92 Å². The Kier molecular flexibility index (Phi) is 7.68. The van der Waals surface area contributed by atoms with Crippen molar-refractivity contribution in [1.82, 2.24) is 10.0 Å². The lowest BCUT2D eigenvalue weighted by Gasteiger charge is -2.29. The number of carbonyl (C=O) groups is 1. The summed E-state index contributed by atoms with van der Waals surface area (Å²) in [7, 11) is -3.20. The van der Waals surface area contributed by atoms with Gasteiger partial charge in [-0.25, -0.2) is 13.1 Å². The van der Waals surface area contributed by atoms with Crippen LogP contribution >= 0.6 is 0 Å². The molecule has 152 valence electrons. The van der Waals surface area contributed by atoms with Crippen LogP contribution in [0.5, 0.6) is 0 Å². The van der Waals surface area contributed by atoms with Gasteiger partial charge in [-0.3, -0.25) is 4.79 Å². The maximum absolute atomic E-state index is 12.1. The van der Waals surface area contributed by atoms with Crippen LogP contribution in [0.3, 0.4) is 0 Å². The fraction of sp³-hybridized carbons (Fsp3) is 0.650. The largest absolute Gasteiger partial charge is 0.385 e. The van der Waals surface area contributed by atoms with Crippen LogP contribution in [0.15, 0.2) is 24.3 Å². The lowest BCUT2D eigenvalue weighted by Crippen LogP contribution is -2.41. The Morgan fingerprint density at radius 2 is 1.78 bits per heavy atom. The molecule has 0 saturated heterocycles. The lowest BCUT2D eigenvalue weighted by molar-refractivity contribution is 0.0943. The van der Waals surface area contributed by atoms with E-state index >= 15 is 0 Å². The van der Waals surface area contributed by atoms with Crippen molar-refractivity contribution in [3.05, 3.63) is 29.8 Å². The van der Waals surface area contributed by atoms with Crippen molar-refractivity contribution in [2.75, 3.05) is 11.9 Å². The maximum atomic E-state index is 12.1. The van der Waals surface area contributed by atoms with Crippen LogP contribution in [0.1, 0.15) is 63.7 Å². The van der Waals surface area contributed by atoms with Gasteiger partial charge in [0.05, 0.1) is 5.25 Å². The molecule has 2 rings (SSSR count). The minimum absolute atomic E-state index is 0.0525. The van der Waals surface area contributed by atoms with E-state index in [0.29, 0.717) is 11.5 Å². The van der Waals surface area contributed by atoms with Gasteiger partial charge in [-0.05, 0) is 77.5 Å². The minimum atomic E-state index is -3.20. The molecule has 0 heterocycles. The number of rotatable bonds is 8. The van der Waals surface area contributed by atoms with E-state index in [9.17, 15) is 13.2 Å². The molecule has 27 heavy (non-hydrogen) atoms. The molecule has 7 heteroatoms. The fourth-order valence-corrected chi connectivity index (χ4v) is 4.20. The maximum Gasteiger partial charge on any atom is 0.251 e. The summed E-state index contributed by atoms with van der Waals surface area (Å²) in [5.41, 5.74) is 1.59. The monoisotopic (exact) mass is 395 g/mol. The van der Waals surface area contributed by atoms with Crippen molar-refractivity contribution in [2.24, 2.45) is 5.92 Å². The summed E-state index contributed by atoms with van der Waals surface area (Å²) >= 11 is 0. The Morgan fingerprint density at radius 1 is 1.11 bits per heavy atom. The molecular formula is C20H33N3O3S. The zero-order valence-electron chi connectivity index (χ0n) is 16.8. The zero-order chi connectivity index (χ0) is 20.0. The van der Waals surface area contributed by atoms with Crippen molar-refractivity contribution < 1.29 is 13.2 Å². The predicted molar refractivity (Wildman–Crippen MR) is 110 cm³/mol. The summed E-state index contributed by atoms with van der Waals surface area (Å²) in [5, 5.41) is 5.93. The molecule has 1 aliphatic rings. The van der Waals surface area contributed by atoms with Gasteiger partial charge in [0, 0.05) is 29.9 Å². The molecule has 0 aromatic heterocycles. The van der Waals surface area contributed by atoms with Gasteiger partial charge in [0.2, 0.25) is 10.0 Å². The summed E-state index contributed by atoms with van der Waals surface area (Å²) in [6.45, 7) is 8.12. The van der Waals surface area contributed by atoms with Gasteiger partial charge in [-0.15, -0.1) is 0 Å². The molecule has 1 aromatic rings. The van der Waals surface area contributed by atoms with E-state index in [4.69, 9.17) is 0 Å². The number of amides is 1. The summed E-state index contributed by atoms with van der Waals surface area (Å²) in [5.74, 6) is 0.449. The zero-order valence-corrected chi connectivity index (χ0v) is 17.6. The van der Waals surface area contributed by atoms with E-state index in [1.54, 1.807) is 13.8 Å².